The molecule has 0 bridgehead atoms. The molecule has 2 unspecified atom stereocenters. The predicted molar refractivity (Wildman–Crippen MR) is 124 cm³/mol. The van der Waals surface area contributed by atoms with E-state index in [1.54, 1.807) is 18.3 Å². The number of fused-ring (bicyclic) bond motifs is 1. The molecular formula is C25H25FN4O2. The number of carbonyl (C=O) groups is 1. The van der Waals surface area contributed by atoms with Crippen molar-refractivity contribution in [3.8, 4) is 6.07 Å². The van der Waals surface area contributed by atoms with Gasteiger partial charge in [0.15, 0.2) is 0 Å². The number of rotatable bonds is 7. The monoisotopic (exact) mass is 432 g/mol. The molecule has 2 N–H and O–H groups in total. The Kier molecular flexibility index (Phi) is 6.84. The number of nitrogens with one attached hydrogen (secondary N) is 1. The first kappa shape index (κ1) is 22.9. The summed E-state index contributed by atoms with van der Waals surface area (Å²) in [5.41, 5.74) is 4.00. The highest BCUT2D eigenvalue weighted by Crippen LogP contribution is 2.35. The number of hydrogen-bond acceptors (Lipinski definition) is 5. The summed E-state index contributed by atoms with van der Waals surface area (Å²) in [5.74, 6) is -0.654. The van der Waals surface area contributed by atoms with Gasteiger partial charge in [0.1, 0.15) is 12.0 Å². The maximum atomic E-state index is 13.1. The van der Waals surface area contributed by atoms with Crippen LogP contribution in [0.25, 0.3) is 16.3 Å². The fourth-order valence-electron chi connectivity index (χ4n) is 3.61. The van der Waals surface area contributed by atoms with E-state index in [0.717, 1.165) is 27.5 Å². The lowest BCUT2D eigenvalue weighted by molar-refractivity contribution is -0.117. The predicted octanol–water partition coefficient (Wildman–Crippen LogP) is 5.55. The maximum absolute atomic E-state index is 13.1. The van der Waals surface area contributed by atoms with Crippen molar-refractivity contribution in [3.63, 3.8) is 0 Å². The Morgan fingerprint density at radius 1 is 1.44 bits per heavy atom. The molecule has 2 atom stereocenters. The van der Waals surface area contributed by atoms with E-state index < -0.39 is 12.1 Å². The zero-order valence-corrected chi connectivity index (χ0v) is 18.3. The summed E-state index contributed by atoms with van der Waals surface area (Å²) in [4.78, 5) is 16.3. The first-order valence-corrected chi connectivity index (χ1v) is 10.4. The topological polar surface area (TPSA) is 98.4 Å². The number of anilines is 1. The molecule has 0 aliphatic heterocycles. The smallest absolute Gasteiger partial charge is 0.231 e. The largest absolute Gasteiger partial charge is 0.411 e. The fourth-order valence-corrected chi connectivity index (χ4v) is 3.61. The molecule has 1 heterocycles. The van der Waals surface area contributed by atoms with Crippen molar-refractivity contribution >= 4 is 33.8 Å². The second-order valence-corrected chi connectivity index (χ2v) is 7.73. The molecule has 164 valence electrons. The van der Waals surface area contributed by atoms with Crippen molar-refractivity contribution in [3.05, 3.63) is 65.4 Å². The zero-order chi connectivity index (χ0) is 23.4. The van der Waals surface area contributed by atoms with Crippen molar-refractivity contribution < 1.29 is 14.4 Å². The minimum Gasteiger partial charge on any atom is -0.411 e. The Labute approximate surface area is 186 Å². The van der Waals surface area contributed by atoms with Crippen LogP contribution in [0.1, 0.15) is 44.7 Å². The van der Waals surface area contributed by atoms with Crippen LogP contribution < -0.4 is 5.32 Å². The van der Waals surface area contributed by atoms with Gasteiger partial charge in [-0.3, -0.25) is 4.79 Å². The molecule has 32 heavy (non-hydrogen) atoms. The van der Waals surface area contributed by atoms with Gasteiger partial charge in [0.25, 0.3) is 0 Å². The lowest BCUT2D eigenvalue weighted by Gasteiger charge is -2.13. The van der Waals surface area contributed by atoms with Gasteiger partial charge in [-0.1, -0.05) is 30.8 Å². The van der Waals surface area contributed by atoms with Crippen LogP contribution in [-0.2, 0) is 4.79 Å². The van der Waals surface area contributed by atoms with Crippen LogP contribution in [0.4, 0.5) is 10.2 Å². The molecule has 1 aromatic carbocycles. The SMILES string of the molecule is C=C(/C=C(C)\C(=C/C)c1cc2cnc(NC(=O)C3CC3F)cc2cc1C#N)/C(CC)=N/O. The van der Waals surface area contributed by atoms with Gasteiger partial charge >= 0.3 is 0 Å². The van der Waals surface area contributed by atoms with E-state index in [4.69, 9.17) is 5.21 Å². The van der Waals surface area contributed by atoms with Gasteiger partial charge in [-0.25, -0.2) is 9.37 Å². The van der Waals surface area contributed by atoms with Crippen LogP contribution in [-0.4, -0.2) is 28.0 Å². The average Bonchev–Trinajstić information content (AvgIpc) is 3.51. The summed E-state index contributed by atoms with van der Waals surface area (Å²) in [5, 5.41) is 26.4. The van der Waals surface area contributed by atoms with Crippen molar-refractivity contribution in [1.29, 1.82) is 5.26 Å². The summed E-state index contributed by atoms with van der Waals surface area (Å²) < 4.78 is 13.1. The van der Waals surface area contributed by atoms with Gasteiger partial charge in [-0.05, 0) is 67.0 Å². The molecule has 6 nitrogen and oxygen atoms in total. The Hall–Kier alpha value is -3.79. The van der Waals surface area contributed by atoms with Gasteiger partial charge in [0.2, 0.25) is 5.91 Å². The average molecular weight is 432 g/mol. The lowest BCUT2D eigenvalue weighted by atomic mass is 9.91. The van der Waals surface area contributed by atoms with E-state index in [0.29, 0.717) is 29.1 Å². The highest BCUT2D eigenvalue weighted by molar-refractivity contribution is 6.02. The number of carbonyl (C=O) groups excluding carboxylic acids is 1. The van der Waals surface area contributed by atoms with Gasteiger partial charge < -0.3 is 10.5 Å². The van der Waals surface area contributed by atoms with Crippen LogP contribution in [0, 0.1) is 17.2 Å². The number of allylic oxidation sites excluding steroid dienone is 5. The quantitative estimate of drug-likeness (QED) is 0.259. The highest BCUT2D eigenvalue weighted by Gasteiger charge is 2.43. The van der Waals surface area contributed by atoms with Crippen LogP contribution in [0.15, 0.2) is 59.4 Å². The number of benzene rings is 1. The molecule has 1 aliphatic rings. The number of alkyl halides is 1. The maximum Gasteiger partial charge on any atom is 0.231 e. The minimum atomic E-state index is -1.08. The van der Waals surface area contributed by atoms with Crippen molar-refractivity contribution in [2.75, 3.05) is 5.32 Å². The van der Waals surface area contributed by atoms with E-state index in [2.05, 4.69) is 28.1 Å². The van der Waals surface area contributed by atoms with Gasteiger partial charge in [0.05, 0.1) is 23.3 Å². The van der Waals surface area contributed by atoms with Crippen molar-refractivity contribution in [2.45, 2.75) is 39.8 Å². The second-order valence-electron chi connectivity index (χ2n) is 7.73. The van der Waals surface area contributed by atoms with Gasteiger partial charge in [0, 0.05) is 17.1 Å². The molecule has 0 spiro atoms. The molecule has 0 saturated heterocycles. The number of nitriles is 1. The summed E-state index contributed by atoms with van der Waals surface area (Å²) in [6.07, 6.45) is 5.07. The minimum absolute atomic E-state index is 0.247. The normalized spacial score (nSPS) is 18.9. The summed E-state index contributed by atoms with van der Waals surface area (Å²) in [7, 11) is 0. The zero-order valence-electron chi connectivity index (χ0n) is 18.3. The Bertz CT molecular complexity index is 1220. The van der Waals surface area contributed by atoms with Gasteiger partial charge in [-0.15, -0.1) is 0 Å². The molecule has 3 rings (SSSR count). The summed E-state index contributed by atoms with van der Waals surface area (Å²) >= 11 is 0. The lowest BCUT2D eigenvalue weighted by Crippen LogP contribution is -2.15. The Morgan fingerprint density at radius 3 is 2.72 bits per heavy atom. The standard InChI is InChI=1S/C25H25FN4O2/c1-5-19(14(3)7-15(4)23(6-2)30-32)20-9-18-13-28-24(10-16(18)8-17(20)12-27)29-25(31)21-11-22(21)26/h5,7-10,13,21-22,32H,4,6,11H2,1-3H3,(H,28,29,31)/b14-7-,19-5+,30-23+. The third kappa shape index (κ3) is 4.75. The second kappa shape index (κ2) is 9.56. The first-order valence-electron chi connectivity index (χ1n) is 10.4. The van der Waals surface area contributed by atoms with E-state index in [1.165, 1.54) is 0 Å². The molecule has 1 aromatic heterocycles. The van der Waals surface area contributed by atoms with E-state index >= 15 is 0 Å². The fraction of sp³-hybridized carbons (Fsp3) is 0.280. The number of oxime groups is 1. The Balaban J connectivity index is 1.97. The number of aromatic nitrogens is 1. The molecule has 0 radical (unpaired) electrons. The van der Waals surface area contributed by atoms with Crippen molar-refractivity contribution in [1.82, 2.24) is 4.98 Å². The molecule has 7 heteroatoms. The number of amides is 1. The third-order valence-corrected chi connectivity index (χ3v) is 5.50. The number of nitrogens with zero attached hydrogens (tertiary/aromatic N) is 3. The number of pyridine rings is 1. The van der Waals surface area contributed by atoms with Crippen LogP contribution >= 0.6 is 0 Å². The van der Waals surface area contributed by atoms with Crippen molar-refractivity contribution in [2.24, 2.45) is 11.1 Å². The molecular weight excluding hydrogens is 407 g/mol. The van der Waals surface area contributed by atoms with Gasteiger partial charge in [-0.2, -0.15) is 5.26 Å². The Morgan fingerprint density at radius 2 is 2.16 bits per heavy atom. The molecule has 2 aromatic rings. The van der Waals surface area contributed by atoms with E-state index in [-0.39, 0.29) is 12.3 Å². The van der Waals surface area contributed by atoms with Crippen LogP contribution in [0.3, 0.4) is 0 Å². The molecule has 1 aliphatic carbocycles. The van der Waals surface area contributed by atoms with E-state index in [9.17, 15) is 14.4 Å². The molecule has 1 fully saturated rings. The highest BCUT2D eigenvalue weighted by atomic mass is 19.1. The summed E-state index contributed by atoms with van der Waals surface area (Å²) in [6, 6.07) is 7.54. The van der Waals surface area contributed by atoms with Crippen LogP contribution in [0.5, 0.6) is 0 Å². The molecule has 1 amide bonds. The number of hydrogen-bond donors (Lipinski definition) is 2. The van der Waals surface area contributed by atoms with Crippen LogP contribution in [0.2, 0.25) is 0 Å². The molecule has 1 saturated carbocycles. The van der Waals surface area contributed by atoms with E-state index in [1.807, 2.05) is 39.0 Å². The number of halogens is 1. The first-order chi connectivity index (χ1) is 15.3. The summed E-state index contributed by atoms with van der Waals surface area (Å²) in [6.45, 7) is 9.63. The third-order valence-electron chi connectivity index (χ3n) is 5.50.